The Balaban J connectivity index is 1.70. The zero-order valence-electron chi connectivity index (χ0n) is 15.0. The van der Waals surface area contributed by atoms with E-state index >= 15 is 0 Å². The lowest BCUT2D eigenvalue weighted by Gasteiger charge is -2.16. The van der Waals surface area contributed by atoms with Crippen molar-refractivity contribution in [3.63, 3.8) is 0 Å². The van der Waals surface area contributed by atoms with E-state index in [1.807, 2.05) is 6.92 Å². The van der Waals surface area contributed by atoms with Crippen molar-refractivity contribution in [1.82, 2.24) is 10.2 Å². The van der Waals surface area contributed by atoms with Crippen molar-refractivity contribution < 1.29 is 22.4 Å². The highest BCUT2D eigenvalue weighted by atomic mass is 32.2. The first-order valence-electron chi connectivity index (χ1n) is 8.51. The molecule has 0 bridgehead atoms. The first-order chi connectivity index (χ1) is 12.8. The summed E-state index contributed by atoms with van der Waals surface area (Å²) >= 11 is 0. The fourth-order valence-electron chi connectivity index (χ4n) is 2.85. The number of nitrogens with zero attached hydrogens (tertiary/aromatic N) is 3. The molecule has 1 aromatic heterocycles. The first kappa shape index (κ1) is 19.0. The van der Waals surface area contributed by atoms with Crippen LogP contribution in [0.5, 0.6) is 0 Å². The van der Waals surface area contributed by atoms with Gasteiger partial charge in [-0.2, -0.15) is 0 Å². The van der Waals surface area contributed by atoms with Gasteiger partial charge in [-0.05, 0) is 30.7 Å². The van der Waals surface area contributed by atoms with E-state index in [4.69, 9.17) is 4.42 Å². The fraction of sp³-hybridized carbons (Fsp3) is 0.412. The van der Waals surface area contributed by atoms with E-state index in [9.17, 15) is 18.0 Å². The van der Waals surface area contributed by atoms with Crippen LogP contribution in [0.1, 0.15) is 38.0 Å². The molecule has 1 saturated heterocycles. The Labute approximate surface area is 156 Å². The molecule has 2 amide bonds. The normalized spacial score (nSPS) is 17.3. The minimum atomic E-state index is -3.29. The SMILES string of the molecule is CCCC(=O)Nc1nnc([C@H]2CC(=O)N(c3ccc(S(C)(=O)=O)cc3)C2)o1. The topological polar surface area (TPSA) is 122 Å². The van der Waals surface area contributed by atoms with Crippen molar-refractivity contribution in [3.8, 4) is 0 Å². The number of aromatic nitrogens is 2. The van der Waals surface area contributed by atoms with E-state index in [1.165, 1.54) is 12.1 Å². The number of nitrogens with one attached hydrogen (secondary N) is 1. The number of anilines is 2. The molecule has 0 spiro atoms. The average molecular weight is 392 g/mol. The van der Waals surface area contributed by atoms with Crippen LogP contribution in [0.15, 0.2) is 33.6 Å². The molecule has 0 aliphatic carbocycles. The highest BCUT2D eigenvalue weighted by Gasteiger charge is 2.35. The van der Waals surface area contributed by atoms with Gasteiger partial charge in [0.15, 0.2) is 9.84 Å². The van der Waals surface area contributed by atoms with Gasteiger partial charge in [0.2, 0.25) is 17.7 Å². The molecule has 1 atom stereocenters. The van der Waals surface area contributed by atoms with Crippen molar-refractivity contribution in [3.05, 3.63) is 30.2 Å². The Bertz CT molecular complexity index is 952. The molecule has 1 fully saturated rings. The maximum absolute atomic E-state index is 12.4. The molecular weight excluding hydrogens is 372 g/mol. The van der Waals surface area contributed by atoms with Crippen molar-refractivity contribution in [2.45, 2.75) is 37.0 Å². The van der Waals surface area contributed by atoms with Gasteiger partial charge in [-0.1, -0.05) is 12.0 Å². The van der Waals surface area contributed by atoms with Gasteiger partial charge in [-0.15, -0.1) is 5.10 Å². The molecule has 0 radical (unpaired) electrons. The van der Waals surface area contributed by atoms with Gasteiger partial charge in [0.1, 0.15) is 0 Å². The van der Waals surface area contributed by atoms with Crippen molar-refractivity contribution >= 4 is 33.4 Å². The van der Waals surface area contributed by atoms with Crippen LogP contribution in [0.4, 0.5) is 11.7 Å². The van der Waals surface area contributed by atoms with Crippen LogP contribution < -0.4 is 10.2 Å². The lowest BCUT2D eigenvalue weighted by atomic mass is 10.1. The third-order valence-electron chi connectivity index (χ3n) is 4.21. The van der Waals surface area contributed by atoms with Crippen LogP contribution in [0.25, 0.3) is 0 Å². The van der Waals surface area contributed by atoms with Gasteiger partial charge in [-0.25, -0.2) is 8.42 Å². The quantitative estimate of drug-likeness (QED) is 0.794. The van der Waals surface area contributed by atoms with Crippen molar-refractivity contribution in [2.75, 3.05) is 23.0 Å². The van der Waals surface area contributed by atoms with Crippen LogP contribution in [-0.4, -0.2) is 43.2 Å². The van der Waals surface area contributed by atoms with Crippen LogP contribution >= 0.6 is 0 Å². The van der Waals surface area contributed by atoms with Gasteiger partial charge >= 0.3 is 6.01 Å². The van der Waals surface area contributed by atoms with E-state index in [1.54, 1.807) is 17.0 Å². The third kappa shape index (κ3) is 4.33. The summed E-state index contributed by atoms with van der Waals surface area (Å²) in [6.45, 7) is 2.22. The monoisotopic (exact) mass is 392 g/mol. The Morgan fingerprint density at radius 2 is 2.00 bits per heavy atom. The second-order valence-electron chi connectivity index (χ2n) is 6.42. The number of carbonyl (C=O) groups is 2. The molecule has 1 aliphatic rings. The molecule has 144 valence electrons. The predicted octanol–water partition coefficient (Wildman–Crippen LogP) is 1.73. The molecule has 1 aromatic carbocycles. The van der Waals surface area contributed by atoms with Crippen LogP contribution in [0.3, 0.4) is 0 Å². The fourth-order valence-corrected chi connectivity index (χ4v) is 3.49. The second-order valence-corrected chi connectivity index (χ2v) is 8.43. The minimum absolute atomic E-state index is 0.0202. The van der Waals surface area contributed by atoms with E-state index in [0.717, 1.165) is 6.26 Å². The van der Waals surface area contributed by atoms with Crippen molar-refractivity contribution in [2.24, 2.45) is 0 Å². The molecular formula is C17H20N4O5S. The Morgan fingerprint density at radius 3 is 2.63 bits per heavy atom. The first-order valence-corrected chi connectivity index (χ1v) is 10.4. The van der Waals surface area contributed by atoms with E-state index in [0.29, 0.717) is 25.1 Å². The summed E-state index contributed by atoms with van der Waals surface area (Å²) in [6, 6.07) is 6.16. The standard InChI is InChI=1S/C17H20N4O5S/c1-3-4-14(22)18-17-20-19-16(26-17)11-9-15(23)21(10-11)12-5-7-13(8-6-12)27(2,24)25/h5-8,11H,3-4,9-10H2,1-2H3,(H,18,20,22)/t11-/m0/s1. The van der Waals surface area contributed by atoms with Gasteiger partial charge in [-0.3, -0.25) is 14.9 Å². The number of hydrogen-bond acceptors (Lipinski definition) is 7. The molecule has 3 rings (SSSR count). The smallest absolute Gasteiger partial charge is 0.322 e. The van der Waals surface area contributed by atoms with Crippen LogP contribution in [0, 0.1) is 0 Å². The summed E-state index contributed by atoms with van der Waals surface area (Å²) in [6.07, 6.45) is 2.39. The van der Waals surface area contributed by atoms with Gasteiger partial charge < -0.3 is 9.32 Å². The molecule has 10 heteroatoms. The highest BCUT2D eigenvalue weighted by molar-refractivity contribution is 7.90. The largest absolute Gasteiger partial charge is 0.407 e. The van der Waals surface area contributed by atoms with Gasteiger partial charge in [0.25, 0.3) is 0 Å². The molecule has 2 aromatic rings. The van der Waals surface area contributed by atoms with E-state index < -0.39 is 9.84 Å². The molecule has 0 saturated carbocycles. The lowest BCUT2D eigenvalue weighted by molar-refractivity contribution is -0.117. The van der Waals surface area contributed by atoms with Crippen LogP contribution in [-0.2, 0) is 19.4 Å². The van der Waals surface area contributed by atoms with Crippen molar-refractivity contribution in [1.29, 1.82) is 0 Å². The number of sulfone groups is 1. The Kier molecular flexibility index (Phi) is 5.26. The number of hydrogen-bond donors (Lipinski definition) is 1. The lowest BCUT2D eigenvalue weighted by Crippen LogP contribution is -2.24. The number of benzene rings is 1. The molecule has 2 heterocycles. The highest BCUT2D eigenvalue weighted by Crippen LogP contribution is 2.32. The maximum atomic E-state index is 12.4. The number of amides is 2. The summed E-state index contributed by atoms with van der Waals surface area (Å²) in [7, 11) is -3.29. The van der Waals surface area contributed by atoms with Crippen LogP contribution in [0.2, 0.25) is 0 Å². The number of carbonyl (C=O) groups excluding carboxylic acids is 2. The summed E-state index contributed by atoms with van der Waals surface area (Å²) in [5.41, 5.74) is 0.603. The zero-order chi connectivity index (χ0) is 19.6. The summed E-state index contributed by atoms with van der Waals surface area (Å²) in [5, 5.41) is 10.3. The Morgan fingerprint density at radius 1 is 1.30 bits per heavy atom. The molecule has 1 N–H and O–H groups in total. The number of rotatable bonds is 6. The predicted molar refractivity (Wildman–Crippen MR) is 97.1 cm³/mol. The molecule has 9 nitrogen and oxygen atoms in total. The summed E-state index contributed by atoms with van der Waals surface area (Å²) in [5.74, 6) is -0.341. The van der Waals surface area contributed by atoms with Gasteiger partial charge in [0, 0.05) is 31.3 Å². The Hall–Kier alpha value is -2.75. The summed E-state index contributed by atoms with van der Waals surface area (Å²) < 4.78 is 28.6. The van der Waals surface area contributed by atoms with E-state index in [2.05, 4.69) is 15.5 Å². The maximum Gasteiger partial charge on any atom is 0.322 e. The minimum Gasteiger partial charge on any atom is -0.407 e. The average Bonchev–Trinajstić information content (AvgIpc) is 3.21. The third-order valence-corrected chi connectivity index (χ3v) is 5.34. The second kappa shape index (κ2) is 7.47. The zero-order valence-corrected chi connectivity index (χ0v) is 15.8. The molecule has 0 unspecified atom stereocenters. The molecule has 27 heavy (non-hydrogen) atoms. The van der Waals surface area contributed by atoms with E-state index in [-0.39, 0.29) is 41.0 Å². The molecule has 1 aliphatic heterocycles. The summed E-state index contributed by atoms with van der Waals surface area (Å²) in [4.78, 5) is 25.7. The van der Waals surface area contributed by atoms with Gasteiger partial charge in [0.05, 0.1) is 10.8 Å².